The van der Waals surface area contributed by atoms with Gasteiger partial charge in [-0.15, -0.1) is 8.78 Å². The van der Waals surface area contributed by atoms with Gasteiger partial charge in [0.1, 0.15) is 0 Å². The molecule has 0 saturated carbocycles. The highest BCUT2D eigenvalue weighted by Crippen LogP contribution is 2.41. The molecule has 1 aromatic carbocycles. The van der Waals surface area contributed by atoms with Crippen molar-refractivity contribution in [2.24, 2.45) is 5.92 Å². The third-order valence-electron chi connectivity index (χ3n) is 3.39. The molecule has 1 aromatic rings. The van der Waals surface area contributed by atoms with Gasteiger partial charge in [0.15, 0.2) is 11.5 Å². The summed E-state index contributed by atoms with van der Waals surface area (Å²) in [7, 11) is 0. The van der Waals surface area contributed by atoms with Crippen molar-refractivity contribution in [3.63, 3.8) is 0 Å². The number of halogens is 2. The van der Waals surface area contributed by atoms with Crippen LogP contribution in [0.1, 0.15) is 18.4 Å². The van der Waals surface area contributed by atoms with E-state index in [1.54, 1.807) is 12.1 Å². The molecule has 1 atom stereocenters. The lowest BCUT2D eigenvalue weighted by atomic mass is 9.92. The summed E-state index contributed by atoms with van der Waals surface area (Å²) in [5, 5.41) is 3.34. The summed E-state index contributed by atoms with van der Waals surface area (Å²) < 4.78 is 34.6. The predicted octanol–water partition coefficient (Wildman–Crippen LogP) is 2.55. The van der Waals surface area contributed by atoms with E-state index < -0.39 is 6.29 Å². The number of piperidine rings is 1. The molecule has 1 fully saturated rings. The molecule has 1 N–H and O–H groups in total. The molecule has 1 unspecified atom stereocenters. The van der Waals surface area contributed by atoms with E-state index >= 15 is 0 Å². The quantitative estimate of drug-likeness (QED) is 0.881. The molecule has 0 aromatic heterocycles. The van der Waals surface area contributed by atoms with E-state index in [4.69, 9.17) is 0 Å². The fourth-order valence-corrected chi connectivity index (χ4v) is 2.55. The van der Waals surface area contributed by atoms with Gasteiger partial charge in [0.2, 0.25) is 0 Å². The Morgan fingerprint density at radius 3 is 2.89 bits per heavy atom. The van der Waals surface area contributed by atoms with Crippen LogP contribution in [0.3, 0.4) is 0 Å². The van der Waals surface area contributed by atoms with Crippen LogP contribution in [0.15, 0.2) is 18.2 Å². The molecular formula is C13H15F2NO2. The second-order valence-electron chi connectivity index (χ2n) is 4.87. The van der Waals surface area contributed by atoms with Gasteiger partial charge in [-0.1, -0.05) is 6.07 Å². The summed E-state index contributed by atoms with van der Waals surface area (Å²) in [4.78, 5) is 0. The second kappa shape index (κ2) is 4.39. The van der Waals surface area contributed by atoms with Gasteiger partial charge in [0.05, 0.1) is 0 Å². The van der Waals surface area contributed by atoms with Crippen molar-refractivity contribution in [1.82, 2.24) is 5.32 Å². The third-order valence-corrected chi connectivity index (χ3v) is 3.39. The zero-order valence-electron chi connectivity index (χ0n) is 9.92. The third kappa shape index (κ3) is 2.41. The van der Waals surface area contributed by atoms with Crippen LogP contribution in [0.25, 0.3) is 0 Å². The number of ether oxygens (including phenoxy) is 2. The van der Waals surface area contributed by atoms with Crippen molar-refractivity contribution in [3.8, 4) is 11.5 Å². The van der Waals surface area contributed by atoms with Gasteiger partial charge in [-0.05, 0) is 56.0 Å². The average molecular weight is 255 g/mol. The fraction of sp³-hybridized carbons (Fsp3) is 0.538. The molecule has 3 nitrogen and oxygen atoms in total. The number of fused-ring (bicyclic) bond motifs is 1. The lowest BCUT2D eigenvalue weighted by Crippen LogP contribution is -2.30. The van der Waals surface area contributed by atoms with Crippen LogP contribution in [0.2, 0.25) is 0 Å². The lowest BCUT2D eigenvalue weighted by Gasteiger charge is -2.22. The number of hydrogen-bond donors (Lipinski definition) is 1. The van der Waals surface area contributed by atoms with E-state index in [2.05, 4.69) is 14.8 Å². The van der Waals surface area contributed by atoms with Crippen LogP contribution < -0.4 is 14.8 Å². The first-order valence-corrected chi connectivity index (χ1v) is 6.22. The Hall–Kier alpha value is -1.36. The van der Waals surface area contributed by atoms with Gasteiger partial charge in [0, 0.05) is 0 Å². The Morgan fingerprint density at radius 1 is 1.28 bits per heavy atom. The molecule has 0 aliphatic carbocycles. The zero-order chi connectivity index (χ0) is 12.6. The topological polar surface area (TPSA) is 30.5 Å². The molecule has 18 heavy (non-hydrogen) atoms. The molecule has 0 bridgehead atoms. The van der Waals surface area contributed by atoms with Crippen LogP contribution in [-0.2, 0) is 6.42 Å². The van der Waals surface area contributed by atoms with E-state index in [-0.39, 0.29) is 11.5 Å². The summed E-state index contributed by atoms with van der Waals surface area (Å²) in [6, 6.07) is 5.05. The Morgan fingerprint density at radius 2 is 2.11 bits per heavy atom. The van der Waals surface area contributed by atoms with Gasteiger partial charge in [-0.2, -0.15) is 0 Å². The first-order valence-electron chi connectivity index (χ1n) is 6.22. The zero-order valence-corrected chi connectivity index (χ0v) is 9.92. The van der Waals surface area contributed by atoms with Crippen LogP contribution in [0, 0.1) is 5.92 Å². The van der Waals surface area contributed by atoms with Crippen molar-refractivity contribution in [1.29, 1.82) is 0 Å². The van der Waals surface area contributed by atoms with E-state index in [9.17, 15) is 8.78 Å². The van der Waals surface area contributed by atoms with E-state index in [1.165, 1.54) is 12.8 Å². The molecule has 0 radical (unpaired) electrons. The normalized spacial score (nSPS) is 25.1. The molecule has 98 valence electrons. The minimum atomic E-state index is -3.52. The molecule has 5 heteroatoms. The predicted molar refractivity (Wildman–Crippen MR) is 61.9 cm³/mol. The smallest absolute Gasteiger partial charge is 0.395 e. The summed E-state index contributed by atoms with van der Waals surface area (Å²) >= 11 is 0. The summed E-state index contributed by atoms with van der Waals surface area (Å²) in [5.41, 5.74) is 1.02. The number of hydrogen-bond acceptors (Lipinski definition) is 3. The molecule has 0 amide bonds. The lowest BCUT2D eigenvalue weighted by molar-refractivity contribution is -0.286. The van der Waals surface area contributed by atoms with Gasteiger partial charge >= 0.3 is 6.29 Å². The Labute approximate surface area is 104 Å². The molecular weight excluding hydrogens is 240 g/mol. The van der Waals surface area contributed by atoms with Crippen molar-refractivity contribution in [2.45, 2.75) is 25.6 Å². The maximum Gasteiger partial charge on any atom is 0.586 e. The van der Waals surface area contributed by atoms with Crippen LogP contribution in [0.4, 0.5) is 8.78 Å². The fourth-order valence-electron chi connectivity index (χ4n) is 2.55. The standard InChI is InChI=1S/C13H15F2NO2/c14-13(15)17-11-4-3-9(7-12(11)18-13)6-10-2-1-5-16-8-10/h3-4,7,10,16H,1-2,5-6,8H2. The van der Waals surface area contributed by atoms with Crippen molar-refractivity contribution in [3.05, 3.63) is 23.8 Å². The van der Waals surface area contributed by atoms with E-state index in [0.29, 0.717) is 5.92 Å². The van der Waals surface area contributed by atoms with Gasteiger partial charge in [0.25, 0.3) is 0 Å². The van der Waals surface area contributed by atoms with Crippen molar-refractivity contribution < 1.29 is 18.3 Å². The van der Waals surface area contributed by atoms with Crippen molar-refractivity contribution in [2.75, 3.05) is 13.1 Å². The molecule has 2 heterocycles. The SMILES string of the molecule is FC1(F)Oc2ccc(CC3CCCNC3)cc2O1. The molecule has 2 aliphatic heterocycles. The number of nitrogens with one attached hydrogen (secondary N) is 1. The van der Waals surface area contributed by atoms with E-state index in [0.717, 1.165) is 25.1 Å². The molecule has 0 spiro atoms. The van der Waals surface area contributed by atoms with Crippen LogP contribution in [0.5, 0.6) is 11.5 Å². The highest BCUT2D eigenvalue weighted by atomic mass is 19.3. The van der Waals surface area contributed by atoms with Crippen LogP contribution >= 0.6 is 0 Å². The highest BCUT2D eigenvalue weighted by molar-refractivity contribution is 5.45. The average Bonchev–Trinajstić information content (AvgIpc) is 2.63. The molecule has 2 aliphatic rings. The minimum absolute atomic E-state index is 0.116. The van der Waals surface area contributed by atoms with Gasteiger partial charge < -0.3 is 14.8 Å². The monoisotopic (exact) mass is 255 g/mol. The maximum absolute atomic E-state index is 12.9. The first-order chi connectivity index (χ1) is 8.62. The van der Waals surface area contributed by atoms with Crippen molar-refractivity contribution >= 4 is 0 Å². The summed E-state index contributed by atoms with van der Waals surface area (Å²) in [6.45, 7) is 2.06. The van der Waals surface area contributed by atoms with Gasteiger partial charge in [-0.25, -0.2) is 0 Å². The largest absolute Gasteiger partial charge is 0.586 e. The Bertz CT molecular complexity index is 445. The number of benzene rings is 1. The first kappa shape index (κ1) is 11.7. The Balaban J connectivity index is 1.71. The molecule has 1 saturated heterocycles. The minimum Gasteiger partial charge on any atom is -0.395 e. The number of rotatable bonds is 2. The van der Waals surface area contributed by atoms with Crippen LogP contribution in [-0.4, -0.2) is 19.4 Å². The van der Waals surface area contributed by atoms with E-state index in [1.807, 2.05) is 6.07 Å². The number of alkyl halides is 2. The summed E-state index contributed by atoms with van der Waals surface area (Å²) in [5.74, 6) is 0.825. The van der Waals surface area contributed by atoms with Gasteiger partial charge in [-0.3, -0.25) is 0 Å². The maximum atomic E-state index is 12.9. The molecule has 3 rings (SSSR count). The second-order valence-corrected chi connectivity index (χ2v) is 4.87. The highest BCUT2D eigenvalue weighted by Gasteiger charge is 2.43. The Kier molecular flexibility index (Phi) is 2.86. The summed E-state index contributed by atoms with van der Waals surface area (Å²) in [6.07, 6.45) is -0.284.